The molecule has 0 saturated heterocycles. The normalized spacial score (nSPS) is 12.9. The molecule has 0 fully saturated rings. The van der Waals surface area contributed by atoms with Gasteiger partial charge in [-0.2, -0.15) is 0 Å². The molecule has 4 nitrogen and oxygen atoms in total. The van der Waals surface area contributed by atoms with Crippen molar-refractivity contribution in [3.05, 3.63) is 59.4 Å². The third-order valence-electron chi connectivity index (χ3n) is 3.14. The maximum absolute atomic E-state index is 4.40. The Bertz CT molecular complexity index is 843. The number of fused-ring (bicyclic) bond motifs is 1. The number of para-hydroxylation sites is 2. The number of thiazole rings is 1. The summed E-state index contributed by atoms with van der Waals surface area (Å²) in [4.78, 5) is 9.70. The number of hydrogen-bond donors (Lipinski definition) is 1. The Hall–Kier alpha value is -2.40. The van der Waals surface area contributed by atoms with Crippen molar-refractivity contribution in [2.75, 3.05) is 19.4 Å². The van der Waals surface area contributed by atoms with Crippen LogP contribution < -0.4 is 10.1 Å². The molecule has 1 aromatic heterocycles. The van der Waals surface area contributed by atoms with Gasteiger partial charge in [-0.3, -0.25) is 14.6 Å². The lowest BCUT2D eigenvalue weighted by Crippen LogP contribution is -2.29. The van der Waals surface area contributed by atoms with E-state index in [4.69, 9.17) is 0 Å². The van der Waals surface area contributed by atoms with Crippen LogP contribution in [0, 0.1) is 0 Å². The lowest BCUT2D eigenvalue weighted by Gasteiger charge is -2.11. The van der Waals surface area contributed by atoms with Gasteiger partial charge >= 0.3 is 0 Å². The summed E-state index contributed by atoms with van der Waals surface area (Å²) in [6.45, 7) is 0. The van der Waals surface area contributed by atoms with E-state index in [0.717, 1.165) is 22.0 Å². The number of anilines is 1. The Labute approximate surface area is 127 Å². The fraction of sp³-hybridized carbons (Fsp3) is 0.125. The smallest absolute Gasteiger partial charge is 0.209 e. The molecule has 0 atom stereocenters. The first-order chi connectivity index (χ1) is 10.3. The summed E-state index contributed by atoms with van der Waals surface area (Å²) in [5.74, 6) is 0.763. The molecule has 0 spiro atoms. The first kappa shape index (κ1) is 13.6. The van der Waals surface area contributed by atoms with Crippen LogP contribution >= 0.6 is 11.3 Å². The molecule has 0 aliphatic rings. The van der Waals surface area contributed by atoms with Crippen molar-refractivity contribution < 1.29 is 0 Å². The van der Waals surface area contributed by atoms with E-state index in [1.54, 1.807) is 25.4 Å². The fourth-order valence-electron chi connectivity index (χ4n) is 2.19. The van der Waals surface area contributed by atoms with Gasteiger partial charge in [0.15, 0.2) is 4.80 Å². The van der Waals surface area contributed by atoms with Gasteiger partial charge in [-0.25, -0.2) is 0 Å². The van der Waals surface area contributed by atoms with E-state index in [0.29, 0.717) is 0 Å². The maximum Gasteiger partial charge on any atom is 0.209 e. The van der Waals surface area contributed by atoms with Gasteiger partial charge in [-0.1, -0.05) is 41.7 Å². The first-order valence-corrected chi connectivity index (χ1v) is 7.48. The molecular weight excluding hydrogens is 280 g/mol. The van der Waals surface area contributed by atoms with E-state index in [-0.39, 0.29) is 0 Å². The predicted molar refractivity (Wildman–Crippen MR) is 90.1 cm³/mol. The van der Waals surface area contributed by atoms with E-state index >= 15 is 0 Å². The molecule has 21 heavy (non-hydrogen) atoms. The Morgan fingerprint density at radius 1 is 1.00 bits per heavy atom. The minimum absolute atomic E-state index is 0.763. The summed E-state index contributed by atoms with van der Waals surface area (Å²) in [5, 5.41) is 3.36. The highest BCUT2D eigenvalue weighted by Gasteiger charge is 2.10. The second kappa shape index (κ2) is 5.93. The Morgan fingerprint density at radius 3 is 2.43 bits per heavy atom. The quantitative estimate of drug-likeness (QED) is 0.544. The lowest BCUT2D eigenvalue weighted by molar-refractivity contribution is 1.07. The highest BCUT2D eigenvalue weighted by molar-refractivity contribution is 7.16. The minimum atomic E-state index is 0.763. The topological polar surface area (TPSA) is 41.7 Å². The summed E-state index contributed by atoms with van der Waals surface area (Å²) in [7, 11) is 3.58. The summed E-state index contributed by atoms with van der Waals surface area (Å²) in [6.07, 6.45) is 0. The summed E-state index contributed by atoms with van der Waals surface area (Å²) in [5.41, 5.74) is 2.11. The van der Waals surface area contributed by atoms with Gasteiger partial charge in [0.05, 0.1) is 10.2 Å². The van der Waals surface area contributed by atoms with Gasteiger partial charge < -0.3 is 5.32 Å². The summed E-state index contributed by atoms with van der Waals surface area (Å²) < 4.78 is 3.24. The molecule has 3 rings (SSSR count). The van der Waals surface area contributed by atoms with Crippen LogP contribution in [0.3, 0.4) is 0 Å². The zero-order valence-electron chi connectivity index (χ0n) is 11.9. The monoisotopic (exact) mass is 296 g/mol. The van der Waals surface area contributed by atoms with E-state index in [2.05, 4.69) is 27.4 Å². The van der Waals surface area contributed by atoms with Crippen molar-refractivity contribution in [3.8, 4) is 0 Å². The molecule has 106 valence electrons. The zero-order valence-corrected chi connectivity index (χ0v) is 12.8. The SMILES string of the molecule is CN=C(Nc1ccccc1)n1c(=NC)sc2ccccc21. The molecule has 1 heterocycles. The molecule has 2 aromatic carbocycles. The summed E-state index contributed by atoms with van der Waals surface area (Å²) >= 11 is 1.65. The average molecular weight is 296 g/mol. The number of rotatable bonds is 1. The number of aromatic nitrogens is 1. The standard InChI is InChI=1S/C16H16N4S/c1-17-15(19-12-8-4-3-5-9-12)20-13-10-6-7-11-14(13)21-16(20)18-2/h3-11H,1-2H3,(H,17,19). The second-order valence-corrected chi connectivity index (χ2v) is 5.46. The number of nitrogens with zero attached hydrogens (tertiary/aromatic N) is 3. The van der Waals surface area contributed by atoms with Gasteiger partial charge in [-0.15, -0.1) is 0 Å². The third kappa shape index (κ3) is 2.60. The lowest BCUT2D eigenvalue weighted by atomic mass is 10.3. The van der Waals surface area contributed by atoms with Gasteiger partial charge in [0.2, 0.25) is 5.96 Å². The minimum Gasteiger partial charge on any atom is -0.326 e. The largest absolute Gasteiger partial charge is 0.326 e. The molecule has 1 N–H and O–H groups in total. The molecule has 5 heteroatoms. The van der Waals surface area contributed by atoms with Crippen LogP contribution in [-0.2, 0) is 0 Å². The summed E-state index contributed by atoms with van der Waals surface area (Å²) in [6, 6.07) is 18.3. The van der Waals surface area contributed by atoms with E-state index < -0.39 is 0 Å². The molecule has 0 amide bonds. The number of benzene rings is 2. The van der Waals surface area contributed by atoms with Crippen LogP contribution in [0.25, 0.3) is 10.2 Å². The highest BCUT2D eigenvalue weighted by Crippen LogP contribution is 2.17. The van der Waals surface area contributed by atoms with Crippen molar-refractivity contribution >= 4 is 33.2 Å². The first-order valence-electron chi connectivity index (χ1n) is 6.66. The molecular formula is C16H16N4S. The average Bonchev–Trinajstić information content (AvgIpc) is 2.92. The van der Waals surface area contributed by atoms with Crippen molar-refractivity contribution in [3.63, 3.8) is 0 Å². The van der Waals surface area contributed by atoms with E-state index in [1.807, 2.05) is 47.0 Å². The maximum atomic E-state index is 4.40. The van der Waals surface area contributed by atoms with Gasteiger partial charge in [0.25, 0.3) is 0 Å². The van der Waals surface area contributed by atoms with Crippen molar-refractivity contribution in [2.24, 2.45) is 9.98 Å². The number of nitrogens with one attached hydrogen (secondary N) is 1. The van der Waals surface area contributed by atoms with Crippen LogP contribution in [0.4, 0.5) is 5.69 Å². The number of hydrogen-bond acceptors (Lipinski definition) is 3. The molecule has 0 saturated carbocycles. The number of aliphatic imine (C=N–C) groups is 1. The van der Waals surface area contributed by atoms with Gasteiger partial charge in [0.1, 0.15) is 0 Å². The molecule has 0 unspecified atom stereocenters. The molecule has 0 bridgehead atoms. The zero-order chi connectivity index (χ0) is 14.7. The van der Waals surface area contributed by atoms with E-state index in [9.17, 15) is 0 Å². The van der Waals surface area contributed by atoms with Gasteiger partial charge in [-0.05, 0) is 24.3 Å². The van der Waals surface area contributed by atoms with Crippen LogP contribution in [0.5, 0.6) is 0 Å². The third-order valence-corrected chi connectivity index (χ3v) is 4.26. The Morgan fingerprint density at radius 2 is 1.71 bits per heavy atom. The Balaban J connectivity index is 2.14. The second-order valence-electron chi connectivity index (χ2n) is 4.45. The van der Waals surface area contributed by atoms with Crippen LogP contribution in [-0.4, -0.2) is 24.6 Å². The van der Waals surface area contributed by atoms with Crippen molar-refractivity contribution in [2.45, 2.75) is 0 Å². The van der Waals surface area contributed by atoms with Crippen molar-refractivity contribution in [1.82, 2.24) is 4.57 Å². The highest BCUT2D eigenvalue weighted by atomic mass is 32.1. The molecule has 0 aliphatic carbocycles. The van der Waals surface area contributed by atoms with Gasteiger partial charge in [0, 0.05) is 19.8 Å². The molecule has 0 aliphatic heterocycles. The van der Waals surface area contributed by atoms with Crippen LogP contribution in [0.1, 0.15) is 0 Å². The van der Waals surface area contributed by atoms with E-state index in [1.165, 1.54) is 4.70 Å². The fourth-order valence-corrected chi connectivity index (χ4v) is 3.16. The molecule has 0 radical (unpaired) electrons. The molecule has 3 aromatic rings. The Kier molecular flexibility index (Phi) is 3.83. The van der Waals surface area contributed by atoms with Crippen LogP contribution in [0.15, 0.2) is 64.6 Å². The van der Waals surface area contributed by atoms with Crippen LogP contribution in [0.2, 0.25) is 0 Å². The van der Waals surface area contributed by atoms with Crippen molar-refractivity contribution in [1.29, 1.82) is 0 Å². The predicted octanol–water partition coefficient (Wildman–Crippen LogP) is 3.18.